The van der Waals surface area contributed by atoms with Crippen LogP contribution >= 0.6 is 35.6 Å². The average molecular weight is 460 g/mol. The van der Waals surface area contributed by atoms with Crippen LogP contribution in [0.2, 0.25) is 5.02 Å². The van der Waals surface area contributed by atoms with Gasteiger partial charge in [0.1, 0.15) is 5.75 Å². The summed E-state index contributed by atoms with van der Waals surface area (Å²) in [7, 11) is 0. The average Bonchev–Trinajstić information content (AvgIpc) is 2.53. The number of hydrogen-bond acceptors (Lipinski definition) is 2. The van der Waals surface area contributed by atoms with E-state index in [9.17, 15) is 5.11 Å². The van der Waals surface area contributed by atoms with Crippen molar-refractivity contribution in [1.29, 1.82) is 0 Å². The standard InChI is InChI=1S/C18H22ClN3O.HI/c1-3-20-18(21-12-14-7-6-8-15(23)11-14)22-13(2)16-9-4-5-10-17(16)19;/h4-11,13,23H,3,12H2,1-2H3,(H2,20,21,22);1H. The van der Waals surface area contributed by atoms with E-state index < -0.39 is 0 Å². The molecule has 0 radical (unpaired) electrons. The third kappa shape index (κ3) is 6.20. The minimum Gasteiger partial charge on any atom is -0.508 e. The molecule has 0 saturated carbocycles. The zero-order chi connectivity index (χ0) is 16.7. The molecule has 0 saturated heterocycles. The van der Waals surface area contributed by atoms with Crippen molar-refractivity contribution in [2.24, 2.45) is 4.99 Å². The lowest BCUT2D eigenvalue weighted by molar-refractivity contribution is 0.474. The topological polar surface area (TPSA) is 56.7 Å². The zero-order valence-corrected chi connectivity index (χ0v) is 16.9. The third-order valence-electron chi connectivity index (χ3n) is 3.40. The number of hydrogen-bond donors (Lipinski definition) is 3. The van der Waals surface area contributed by atoms with Gasteiger partial charge in [0.15, 0.2) is 5.96 Å². The van der Waals surface area contributed by atoms with Crippen molar-refractivity contribution in [3.63, 3.8) is 0 Å². The minimum atomic E-state index is 0. The van der Waals surface area contributed by atoms with Gasteiger partial charge in [-0.25, -0.2) is 4.99 Å². The lowest BCUT2D eigenvalue weighted by Gasteiger charge is -2.19. The molecule has 0 aliphatic carbocycles. The van der Waals surface area contributed by atoms with Crippen molar-refractivity contribution in [2.45, 2.75) is 26.4 Å². The van der Waals surface area contributed by atoms with Gasteiger partial charge in [-0.05, 0) is 43.2 Å². The first kappa shape index (κ1) is 20.6. The predicted molar refractivity (Wildman–Crippen MR) is 111 cm³/mol. The Morgan fingerprint density at radius 3 is 2.62 bits per heavy atom. The summed E-state index contributed by atoms with van der Waals surface area (Å²) < 4.78 is 0. The Balaban J connectivity index is 0.00000288. The Morgan fingerprint density at radius 2 is 1.96 bits per heavy atom. The Morgan fingerprint density at radius 1 is 1.21 bits per heavy atom. The van der Waals surface area contributed by atoms with Crippen LogP contribution < -0.4 is 10.6 Å². The van der Waals surface area contributed by atoms with Gasteiger partial charge in [-0.3, -0.25) is 0 Å². The molecule has 0 aliphatic heterocycles. The lowest BCUT2D eigenvalue weighted by atomic mass is 10.1. The molecule has 3 N–H and O–H groups in total. The number of aliphatic imine (C=N–C) groups is 1. The first-order valence-electron chi connectivity index (χ1n) is 7.67. The predicted octanol–water partition coefficient (Wildman–Crippen LogP) is 4.48. The summed E-state index contributed by atoms with van der Waals surface area (Å²) in [6.45, 7) is 5.31. The fourth-order valence-corrected chi connectivity index (χ4v) is 2.55. The van der Waals surface area contributed by atoms with E-state index in [1.165, 1.54) is 0 Å². The molecule has 0 heterocycles. The maximum atomic E-state index is 9.51. The normalized spacial score (nSPS) is 12.2. The highest BCUT2D eigenvalue weighted by atomic mass is 127. The van der Waals surface area contributed by atoms with Crippen LogP contribution in [0.15, 0.2) is 53.5 Å². The SMILES string of the molecule is CCNC(=NCc1cccc(O)c1)NC(C)c1ccccc1Cl.I. The summed E-state index contributed by atoms with van der Waals surface area (Å²) in [5.74, 6) is 0.961. The van der Waals surface area contributed by atoms with E-state index in [0.717, 1.165) is 22.7 Å². The van der Waals surface area contributed by atoms with Gasteiger partial charge in [0.2, 0.25) is 0 Å². The van der Waals surface area contributed by atoms with Crippen LogP contribution in [0, 0.1) is 0 Å². The molecule has 2 rings (SSSR count). The van der Waals surface area contributed by atoms with E-state index in [1.54, 1.807) is 12.1 Å². The first-order valence-corrected chi connectivity index (χ1v) is 8.05. The molecule has 0 aliphatic rings. The highest BCUT2D eigenvalue weighted by Gasteiger charge is 2.10. The van der Waals surface area contributed by atoms with Crippen LogP contribution in [0.5, 0.6) is 5.75 Å². The monoisotopic (exact) mass is 459 g/mol. The summed E-state index contributed by atoms with van der Waals surface area (Å²) in [5.41, 5.74) is 1.98. The highest BCUT2D eigenvalue weighted by Crippen LogP contribution is 2.22. The van der Waals surface area contributed by atoms with E-state index >= 15 is 0 Å². The maximum absolute atomic E-state index is 9.51. The van der Waals surface area contributed by atoms with Gasteiger partial charge in [-0.2, -0.15) is 0 Å². The number of phenols is 1. The number of phenolic OH excluding ortho intramolecular Hbond substituents is 1. The van der Waals surface area contributed by atoms with Crippen molar-refractivity contribution in [2.75, 3.05) is 6.54 Å². The van der Waals surface area contributed by atoms with Crippen molar-refractivity contribution in [3.05, 3.63) is 64.7 Å². The van der Waals surface area contributed by atoms with Crippen LogP contribution in [-0.4, -0.2) is 17.6 Å². The van der Waals surface area contributed by atoms with Crippen molar-refractivity contribution in [1.82, 2.24) is 10.6 Å². The molecule has 130 valence electrons. The van der Waals surface area contributed by atoms with E-state index in [4.69, 9.17) is 11.6 Å². The molecule has 0 amide bonds. The Bertz CT molecular complexity index is 679. The lowest BCUT2D eigenvalue weighted by Crippen LogP contribution is -2.38. The van der Waals surface area contributed by atoms with E-state index in [0.29, 0.717) is 12.5 Å². The van der Waals surface area contributed by atoms with Gasteiger partial charge in [-0.1, -0.05) is 41.9 Å². The summed E-state index contributed by atoms with van der Waals surface area (Å²) in [6.07, 6.45) is 0. The zero-order valence-electron chi connectivity index (χ0n) is 13.8. The molecule has 0 bridgehead atoms. The molecule has 0 fully saturated rings. The quantitative estimate of drug-likeness (QED) is 0.351. The van der Waals surface area contributed by atoms with Gasteiger partial charge >= 0.3 is 0 Å². The molecule has 4 nitrogen and oxygen atoms in total. The van der Waals surface area contributed by atoms with Crippen LogP contribution in [0.4, 0.5) is 0 Å². The first-order chi connectivity index (χ1) is 11.1. The van der Waals surface area contributed by atoms with Gasteiger partial charge in [0.05, 0.1) is 12.6 Å². The number of halogens is 2. The van der Waals surface area contributed by atoms with Crippen molar-refractivity contribution < 1.29 is 5.11 Å². The number of nitrogens with one attached hydrogen (secondary N) is 2. The molecule has 1 atom stereocenters. The smallest absolute Gasteiger partial charge is 0.192 e. The van der Waals surface area contributed by atoms with Gasteiger partial charge in [0.25, 0.3) is 0 Å². The fourth-order valence-electron chi connectivity index (χ4n) is 2.25. The van der Waals surface area contributed by atoms with Gasteiger partial charge in [-0.15, -0.1) is 24.0 Å². The Hall–Kier alpha value is -1.47. The molecule has 24 heavy (non-hydrogen) atoms. The summed E-state index contributed by atoms with van der Waals surface area (Å²) in [4.78, 5) is 4.56. The van der Waals surface area contributed by atoms with Crippen molar-refractivity contribution >= 4 is 41.5 Å². The second-order valence-corrected chi connectivity index (χ2v) is 5.66. The van der Waals surface area contributed by atoms with E-state index in [1.807, 2.05) is 50.2 Å². The largest absolute Gasteiger partial charge is 0.508 e. The van der Waals surface area contributed by atoms with Gasteiger partial charge < -0.3 is 15.7 Å². The van der Waals surface area contributed by atoms with Crippen LogP contribution in [0.1, 0.15) is 31.0 Å². The third-order valence-corrected chi connectivity index (χ3v) is 3.74. The number of aromatic hydroxyl groups is 1. The maximum Gasteiger partial charge on any atom is 0.192 e. The molecule has 1 unspecified atom stereocenters. The van der Waals surface area contributed by atoms with Crippen LogP contribution in [0.3, 0.4) is 0 Å². The molecular weight excluding hydrogens is 437 g/mol. The second kappa shape index (κ2) is 10.4. The van der Waals surface area contributed by atoms with Gasteiger partial charge in [0, 0.05) is 11.6 Å². The summed E-state index contributed by atoms with van der Waals surface area (Å²) in [6, 6.07) is 14.9. The molecule has 0 spiro atoms. The molecule has 2 aromatic carbocycles. The Kier molecular flexibility index (Phi) is 8.92. The number of guanidine groups is 1. The molecule has 2 aromatic rings. The van der Waals surface area contributed by atoms with Crippen LogP contribution in [0.25, 0.3) is 0 Å². The Labute approximate surface area is 165 Å². The fraction of sp³-hybridized carbons (Fsp3) is 0.278. The molecular formula is C18H23ClIN3O. The second-order valence-electron chi connectivity index (χ2n) is 5.25. The minimum absolute atomic E-state index is 0. The van der Waals surface area contributed by atoms with E-state index in [2.05, 4.69) is 15.6 Å². The van der Waals surface area contributed by atoms with Crippen molar-refractivity contribution in [3.8, 4) is 5.75 Å². The molecule has 6 heteroatoms. The molecule has 0 aromatic heterocycles. The van der Waals surface area contributed by atoms with Crippen LogP contribution in [-0.2, 0) is 6.54 Å². The number of benzene rings is 2. The number of rotatable bonds is 5. The highest BCUT2D eigenvalue weighted by molar-refractivity contribution is 14.0. The summed E-state index contributed by atoms with van der Waals surface area (Å²) in [5, 5.41) is 16.8. The number of nitrogens with zero attached hydrogens (tertiary/aromatic N) is 1. The summed E-state index contributed by atoms with van der Waals surface area (Å²) >= 11 is 6.24. The van der Waals surface area contributed by atoms with E-state index in [-0.39, 0.29) is 35.8 Å².